The number of aromatic nitrogens is 2. The van der Waals surface area contributed by atoms with Gasteiger partial charge in [-0.15, -0.1) is 0 Å². The van der Waals surface area contributed by atoms with Crippen LogP contribution in [-0.2, 0) is 13.0 Å². The summed E-state index contributed by atoms with van der Waals surface area (Å²) < 4.78 is 12.3. The molecular weight excluding hydrogens is 390 g/mol. The maximum Gasteiger partial charge on any atom is 0.269 e. The first-order valence-corrected chi connectivity index (χ1v) is 9.66. The van der Waals surface area contributed by atoms with Gasteiger partial charge in [0.2, 0.25) is 0 Å². The molecule has 0 fully saturated rings. The Balaban J connectivity index is 1.63. The molecule has 0 aliphatic heterocycles. The van der Waals surface area contributed by atoms with Gasteiger partial charge in [-0.25, -0.2) is 0 Å². The number of rotatable bonds is 8. The van der Waals surface area contributed by atoms with Crippen molar-refractivity contribution in [2.45, 2.75) is 19.9 Å². The maximum atomic E-state index is 12.7. The van der Waals surface area contributed by atoms with Crippen molar-refractivity contribution < 1.29 is 14.3 Å². The molecule has 3 rings (SSSR count). The lowest BCUT2D eigenvalue weighted by Gasteiger charge is -2.11. The molecule has 1 aromatic heterocycles. The van der Waals surface area contributed by atoms with E-state index in [1.807, 2.05) is 49.4 Å². The van der Waals surface area contributed by atoms with Crippen molar-refractivity contribution >= 4 is 17.5 Å². The Morgan fingerprint density at radius 1 is 1.03 bits per heavy atom. The van der Waals surface area contributed by atoms with Crippen molar-refractivity contribution in [3.63, 3.8) is 0 Å². The highest BCUT2D eigenvalue weighted by molar-refractivity contribution is 6.30. The van der Waals surface area contributed by atoms with Crippen molar-refractivity contribution in [2.75, 3.05) is 20.8 Å². The van der Waals surface area contributed by atoms with Crippen LogP contribution >= 0.6 is 11.6 Å². The number of carbonyl (C=O) groups excluding carboxylic acids is 1. The lowest BCUT2D eigenvalue weighted by molar-refractivity contribution is 0.0944. The number of aryl methyl sites for hydroxylation is 1. The predicted molar refractivity (Wildman–Crippen MR) is 113 cm³/mol. The standard InChI is InChI=1S/C22H24ClN3O3/c1-15-12-19(26(25-15)14-17-4-7-18(23)8-5-17)22(27)24-11-10-16-6-9-20(28-2)21(13-16)29-3/h4-9,12-13H,10-11,14H2,1-3H3,(H,24,27). The van der Waals surface area contributed by atoms with Gasteiger partial charge >= 0.3 is 0 Å². The minimum Gasteiger partial charge on any atom is -0.493 e. The third-order valence-electron chi connectivity index (χ3n) is 4.53. The molecule has 6 nitrogen and oxygen atoms in total. The molecule has 0 saturated heterocycles. The van der Waals surface area contributed by atoms with Gasteiger partial charge in [0, 0.05) is 11.6 Å². The third kappa shape index (κ3) is 5.29. The molecule has 0 radical (unpaired) electrons. The van der Waals surface area contributed by atoms with Gasteiger partial charge < -0.3 is 14.8 Å². The number of hydrogen-bond donors (Lipinski definition) is 1. The van der Waals surface area contributed by atoms with Crippen molar-refractivity contribution in [1.29, 1.82) is 0 Å². The fraction of sp³-hybridized carbons (Fsp3) is 0.273. The average Bonchev–Trinajstić information content (AvgIpc) is 3.09. The molecule has 7 heteroatoms. The molecule has 1 heterocycles. The topological polar surface area (TPSA) is 65.4 Å². The van der Waals surface area contributed by atoms with Crippen molar-refractivity contribution in [3.8, 4) is 11.5 Å². The van der Waals surface area contributed by atoms with Gasteiger partial charge in [-0.1, -0.05) is 29.8 Å². The van der Waals surface area contributed by atoms with Gasteiger partial charge in [0.15, 0.2) is 11.5 Å². The number of carbonyl (C=O) groups is 1. The predicted octanol–water partition coefficient (Wildman–Crippen LogP) is 3.88. The Morgan fingerprint density at radius 2 is 1.72 bits per heavy atom. The summed E-state index contributed by atoms with van der Waals surface area (Å²) in [4.78, 5) is 12.7. The molecule has 3 aromatic rings. The van der Waals surface area contributed by atoms with Crippen LogP contribution in [-0.4, -0.2) is 36.5 Å². The lowest BCUT2D eigenvalue weighted by Crippen LogP contribution is -2.28. The number of ether oxygens (including phenoxy) is 2. The summed E-state index contributed by atoms with van der Waals surface area (Å²) in [5.41, 5.74) is 3.40. The molecule has 0 atom stereocenters. The third-order valence-corrected chi connectivity index (χ3v) is 4.78. The second-order valence-electron chi connectivity index (χ2n) is 6.65. The van der Waals surface area contributed by atoms with Crippen LogP contribution in [0.4, 0.5) is 0 Å². The monoisotopic (exact) mass is 413 g/mol. The number of nitrogens with zero attached hydrogens (tertiary/aromatic N) is 2. The lowest BCUT2D eigenvalue weighted by atomic mass is 10.1. The fourth-order valence-corrected chi connectivity index (χ4v) is 3.18. The first kappa shape index (κ1) is 20.7. The number of hydrogen-bond acceptors (Lipinski definition) is 4. The number of benzene rings is 2. The van der Waals surface area contributed by atoms with Crippen molar-refractivity contribution in [1.82, 2.24) is 15.1 Å². The summed E-state index contributed by atoms with van der Waals surface area (Å²) in [6.45, 7) is 2.88. The molecule has 0 bridgehead atoms. The number of halogens is 1. The Kier molecular flexibility index (Phi) is 6.77. The van der Waals surface area contributed by atoms with Gasteiger partial charge in [0.1, 0.15) is 5.69 Å². The largest absolute Gasteiger partial charge is 0.493 e. The molecule has 0 saturated carbocycles. The first-order valence-electron chi connectivity index (χ1n) is 9.28. The minimum absolute atomic E-state index is 0.153. The molecule has 152 valence electrons. The Morgan fingerprint density at radius 3 is 2.41 bits per heavy atom. The quantitative estimate of drug-likeness (QED) is 0.608. The highest BCUT2D eigenvalue weighted by atomic mass is 35.5. The van der Waals surface area contributed by atoms with Crippen LogP contribution in [0.25, 0.3) is 0 Å². The summed E-state index contributed by atoms with van der Waals surface area (Å²) in [5.74, 6) is 1.20. The van der Waals surface area contributed by atoms with E-state index in [1.165, 1.54) is 0 Å². The Hall–Kier alpha value is -2.99. The van der Waals surface area contributed by atoms with E-state index in [4.69, 9.17) is 21.1 Å². The zero-order valence-corrected chi connectivity index (χ0v) is 17.5. The highest BCUT2D eigenvalue weighted by Gasteiger charge is 2.14. The van der Waals surface area contributed by atoms with E-state index in [0.717, 1.165) is 16.8 Å². The summed E-state index contributed by atoms with van der Waals surface area (Å²) in [6.07, 6.45) is 0.677. The summed E-state index contributed by atoms with van der Waals surface area (Å²) >= 11 is 5.94. The Bertz CT molecular complexity index is 983. The van der Waals surface area contributed by atoms with Crippen LogP contribution < -0.4 is 14.8 Å². The van der Waals surface area contributed by atoms with Crippen LogP contribution in [0.3, 0.4) is 0 Å². The summed E-state index contributed by atoms with van der Waals surface area (Å²) in [6, 6.07) is 15.0. The molecule has 1 N–H and O–H groups in total. The van der Waals surface area contributed by atoms with Gasteiger partial charge in [0.25, 0.3) is 5.91 Å². The van der Waals surface area contributed by atoms with Crippen LogP contribution in [0.5, 0.6) is 11.5 Å². The molecule has 0 aliphatic rings. The number of methoxy groups -OCH3 is 2. The van der Waals surface area contributed by atoms with E-state index in [9.17, 15) is 4.79 Å². The fourth-order valence-electron chi connectivity index (χ4n) is 3.06. The Labute approximate surface area is 175 Å². The van der Waals surface area contributed by atoms with Gasteiger partial charge in [-0.3, -0.25) is 9.48 Å². The minimum atomic E-state index is -0.153. The van der Waals surface area contributed by atoms with E-state index >= 15 is 0 Å². The molecule has 0 spiro atoms. The smallest absolute Gasteiger partial charge is 0.269 e. The van der Waals surface area contributed by atoms with E-state index in [1.54, 1.807) is 25.0 Å². The second kappa shape index (κ2) is 9.47. The SMILES string of the molecule is COc1ccc(CCNC(=O)c2cc(C)nn2Cc2ccc(Cl)cc2)cc1OC. The summed E-state index contributed by atoms with van der Waals surface area (Å²) in [5, 5.41) is 8.10. The molecule has 2 aromatic carbocycles. The molecular formula is C22H24ClN3O3. The van der Waals surface area contributed by atoms with E-state index in [2.05, 4.69) is 10.4 Å². The van der Waals surface area contributed by atoms with Crippen LogP contribution in [0.2, 0.25) is 5.02 Å². The van der Waals surface area contributed by atoms with Gasteiger partial charge in [0.05, 0.1) is 26.5 Å². The first-order chi connectivity index (χ1) is 14.0. The molecule has 0 unspecified atom stereocenters. The van der Waals surface area contributed by atoms with Crippen molar-refractivity contribution in [3.05, 3.63) is 76.1 Å². The van der Waals surface area contributed by atoms with Gasteiger partial charge in [-0.2, -0.15) is 5.10 Å². The molecule has 0 aliphatic carbocycles. The highest BCUT2D eigenvalue weighted by Crippen LogP contribution is 2.27. The maximum absolute atomic E-state index is 12.7. The van der Waals surface area contributed by atoms with Crippen molar-refractivity contribution in [2.24, 2.45) is 0 Å². The van der Waals surface area contributed by atoms with E-state index < -0.39 is 0 Å². The second-order valence-corrected chi connectivity index (χ2v) is 7.09. The normalized spacial score (nSPS) is 10.6. The molecule has 29 heavy (non-hydrogen) atoms. The molecule has 1 amide bonds. The van der Waals surface area contributed by atoms with E-state index in [-0.39, 0.29) is 5.91 Å². The average molecular weight is 414 g/mol. The van der Waals surface area contributed by atoms with Crippen LogP contribution in [0, 0.1) is 6.92 Å². The van der Waals surface area contributed by atoms with Gasteiger partial charge in [-0.05, 0) is 54.8 Å². The van der Waals surface area contributed by atoms with Crippen LogP contribution in [0.1, 0.15) is 27.3 Å². The van der Waals surface area contributed by atoms with E-state index in [0.29, 0.717) is 41.7 Å². The van der Waals surface area contributed by atoms with Crippen LogP contribution in [0.15, 0.2) is 48.5 Å². The summed E-state index contributed by atoms with van der Waals surface area (Å²) in [7, 11) is 3.21. The zero-order valence-electron chi connectivity index (χ0n) is 16.7. The zero-order chi connectivity index (χ0) is 20.8. The number of nitrogens with one attached hydrogen (secondary N) is 1. The number of amides is 1.